The van der Waals surface area contributed by atoms with Crippen LogP contribution in [-0.2, 0) is 9.53 Å². The number of hydrogen-bond acceptors (Lipinski definition) is 5. The van der Waals surface area contributed by atoms with Crippen LogP contribution in [0.4, 0.5) is 5.69 Å². The number of hydrogen-bond donors (Lipinski definition) is 1. The van der Waals surface area contributed by atoms with Gasteiger partial charge in [0.2, 0.25) is 5.91 Å². The molecule has 1 amide bonds. The normalized spacial score (nSPS) is 10.8. The summed E-state index contributed by atoms with van der Waals surface area (Å²) in [6.07, 6.45) is 0. The highest BCUT2D eigenvalue weighted by Gasteiger charge is 2.15. The predicted molar refractivity (Wildman–Crippen MR) is 113 cm³/mol. The van der Waals surface area contributed by atoms with Crippen molar-refractivity contribution in [3.8, 4) is 22.6 Å². The maximum Gasteiger partial charge on any atom is 0.250 e. The van der Waals surface area contributed by atoms with Crippen LogP contribution < -0.4 is 10.1 Å². The second-order valence-corrected chi connectivity index (χ2v) is 7.26. The fourth-order valence-corrected chi connectivity index (χ4v) is 3.48. The first-order valence-corrected chi connectivity index (χ1v) is 9.41. The van der Waals surface area contributed by atoms with E-state index >= 15 is 0 Å². The quantitative estimate of drug-likeness (QED) is 0.617. The Bertz CT molecular complexity index is 1010. The summed E-state index contributed by atoms with van der Waals surface area (Å²) in [7, 11) is 1.49. The number of anilines is 1. The van der Waals surface area contributed by atoms with Crippen molar-refractivity contribution in [2.24, 2.45) is 0 Å². The Labute approximate surface area is 170 Å². The van der Waals surface area contributed by atoms with Gasteiger partial charge in [-0.3, -0.25) is 4.79 Å². The van der Waals surface area contributed by atoms with Crippen molar-refractivity contribution in [1.29, 1.82) is 0 Å². The van der Waals surface area contributed by atoms with Crippen LogP contribution in [0.2, 0.25) is 0 Å². The van der Waals surface area contributed by atoms with Gasteiger partial charge >= 0.3 is 0 Å². The van der Waals surface area contributed by atoms with Gasteiger partial charge in [0.25, 0.3) is 0 Å². The molecular formula is C23H26N2O4. The van der Waals surface area contributed by atoms with Crippen LogP contribution in [-0.4, -0.2) is 24.8 Å². The molecule has 0 atom stereocenters. The molecule has 0 bridgehead atoms. The first-order valence-electron chi connectivity index (χ1n) is 9.41. The topological polar surface area (TPSA) is 73.6 Å². The lowest BCUT2D eigenvalue weighted by atomic mass is 10.0. The standard InChI is InChI=1S/C23H26N2O4/c1-13-7-18(22-16(4)25-29-17(22)5)11-20(8-13)28-23-14(2)9-19(10-15(23)3)24-21(26)12-27-6/h7-11H,12H2,1-6H3,(H,24,26). The summed E-state index contributed by atoms with van der Waals surface area (Å²) in [6.45, 7) is 9.80. The summed E-state index contributed by atoms with van der Waals surface area (Å²) in [5, 5.41) is 6.88. The Hall–Kier alpha value is -3.12. The maximum atomic E-state index is 11.8. The zero-order chi connectivity index (χ0) is 21.1. The Kier molecular flexibility index (Phi) is 6.03. The minimum Gasteiger partial charge on any atom is -0.457 e. The molecule has 6 heteroatoms. The van der Waals surface area contributed by atoms with E-state index < -0.39 is 0 Å². The molecule has 1 N–H and O–H groups in total. The van der Waals surface area contributed by atoms with Crippen molar-refractivity contribution in [2.45, 2.75) is 34.6 Å². The monoisotopic (exact) mass is 394 g/mol. The first kappa shape index (κ1) is 20.6. The van der Waals surface area contributed by atoms with E-state index in [1.54, 1.807) is 0 Å². The van der Waals surface area contributed by atoms with E-state index in [0.29, 0.717) is 0 Å². The molecule has 152 valence electrons. The molecule has 6 nitrogen and oxygen atoms in total. The second-order valence-electron chi connectivity index (χ2n) is 7.26. The molecule has 0 radical (unpaired) electrons. The molecule has 0 fully saturated rings. The summed E-state index contributed by atoms with van der Waals surface area (Å²) in [5.41, 5.74) is 6.50. The van der Waals surface area contributed by atoms with Crippen molar-refractivity contribution in [1.82, 2.24) is 5.16 Å². The molecule has 0 aliphatic heterocycles. The Morgan fingerprint density at radius 1 is 1.03 bits per heavy atom. The number of rotatable bonds is 6. The van der Waals surface area contributed by atoms with Crippen LogP contribution in [0.5, 0.6) is 11.5 Å². The maximum absolute atomic E-state index is 11.8. The molecule has 29 heavy (non-hydrogen) atoms. The zero-order valence-electron chi connectivity index (χ0n) is 17.7. The van der Waals surface area contributed by atoms with Crippen LogP contribution in [0.1, 0.15) is 28.1 Å². The van der Waals surface area contributed by atoms with Gasteiger partial charge in [-0.1, -0.05) is 11.2 Å². The van der Waals surface area contributed by atoms with Gasteiger partial charge < -0.3 is 19.3 Å². The molecule has 1 heterocycles. The van der Waals surface area contributed by atoms with E-state index in [2.05, 4.69) is 16.5 Å². The fraction of sp³-hybridized carbons (Fsp3) is 0.304. The van der Waals surface area contributed by atoms with Crippen LogP contribution in [0.3, 0.4) is 0 Å². The van der Waals surface area contributed by atoms with E-state index in [9.17, 15) is 4.79 Å². The Balaban J connectivity index is 1.91. The number of carbonyl (C=O) groups is 1. The molecule has 3 rings (SSSR count). The van der Waals surface area contributed by atoms with E-state index in [-0.39, 0.29) is 12.5 Å². The highest BCUT2D eigenvalue weighted by atomic mass is 16.5. The predicted octanol–water partition coefficient (Wildman–Crippen LogP) is 5.26. The number of amides is 1. The molecular weight excluding hydrogens is 368 g/mol. The van der Waals surface area contributed by atoms with Crippen molar-refractivity contribution >= 4 is 11.6 Å². The number of methoxy groups -OCH3 is 1. The van der Waals surface area contributed by atoms with Crippen molar-refractivity contribution in [3.63, 3.8) is 0 Å². The van der Waals surface area contributed by atoms with Crippen LogP contribution in [0.25, 0.3) is 11.1 Å². The van der Waals surface area contributed by atoms with Gasteiger partial charge in [-0.2, -0.15) is 0 Å². The molecule has 0 unspecified atom stereocenters. The van der Waals surface area contributed by atoms with Crippen LogP contribution in [0, 0.1) is 34.6 Å². The summed E-state index contributed by atoms with van der Waals surface area (Å²) < 4.78 is 16.4. The Morgan fingerprint density at radius 2 is 1.72 bits per heavy atom. The third-order valence-electron chi connectivity index (χ3n) is 4.61. The summed E-state index contributed by atoms with van der Waals surface area (Å²) >= 11 is 0. The molecule has 1 aromatic heterocycles. The van der Waals surface area contributed by atoms with E-state index in [4.69, 9.17) is 14.0 Å². The van der Waals surface area contributed by atoms with Gasteiger partial charge in [-0.05, 0) is 81.1 Å². The van der Waals surface area contributed by atoms with Gasteiger partial charge in [0.1, 0.15) is 23.9 Å². The summed E-state index contributed by atoms with van der Waals surface area (Å²) in [6, 6.07) is 9.86. The van der Waals surface area contributed by atoms with Gasteiger partial charge in [-0.15, -0.1) is 0 Å². The number of nitrogens with one attached hydrogen (secondary N) is 1. The average molecular weight is 394 g/mol. The third-order valence-corrected chi connectivity index (χ3v) is 4.61. The van der Waals surface area contributed by atoms with Gasteiger partial charge in [0.15, 0.2) is 0 Å². The highest BCUT2D eigenvalue weighted by Crippen LogP contribution is 2.35. The number of nitrogens with zero attached hydrogens (tertiary/aromatic N) is 1. The van der Waals surface area contributed by atoms with Gasteiger partial charge in [0, 0.05) is 18.4 Å². The second kappa shape index (κ2) is 8.49. The number of carbonyl (C=O) groups excluding carboxylic acids is 1. The summed E-state index contributed by atoms with van der Waals surface area (Å²) in [4.78, 5) is 11.8. The largest absolute Gasteiger partial charge is 0.457 e. The van der Waals surface area contributed by atoms with Crippen LogP contribution in [0.15, 0.2) is 34.9 Å². The minimum absolute atomic E-state index is 0.0180. The van der Waals surface area contributed by atoms with E-state index in [0.717, 1.165) is 56.5 Å². The lowest BCUT2D eigenvalue weighted by Crippen LogP contribution is -2.17. The van der Waals surface area contributed by atoms with Crippen molar-refractivity contribution in [2.75, 3.05) is 19.0 Å². The SMILES string of the molecule is COCC(=O)Nc1cc(C)c(Oc2cc(C)cc(-c3c(C)noc3C)c2)c(C)c1. The fourth-order valence-electron chi connectivity index (χ4n) is 3.48. The lowest BCUT2D eigenvalue weighted by molar-refractivity contribution is -0.119. The molecule has 3 aromatic rings. The molecule has 2 aromatic carbocycles. The lowest BCUT2D eigenvalue weighted by Gasteiger charge is -2.15. The number of aromatic nitrogens is 1. The minimum atomic E-state index is -0.192. The average Bonchev–Trinajstić information content (AvgIpc) is 2.96. The highest BCUT2D eigenvalue weighted by molar-refractivity contribution is 5.92. The number of benzene rings is 2. The zero-order valence-corrected chi connectivity index (χ0v) is 17.7. The Morgan fingerprint density at radius 3 is 2.31 bits per heavy atom. The van der Waals surface area contributed by atoms with E-state index in [1.807, 2.05) is 58.9 Å². The molecule has 0 aliphatic carbocycles. The molecule has 0 spiro atoms. The van der Waals surface area contributed by atoms with Crippen LogP contribution >= 0.6 is 0 Å². The molecule has 0 aliphatic rings. The molecule has 0 saturated carbocycles. The third kappa shape index (κ3) is 4.66. The number of aryl methyl sites for hydroxylation is 5. The van der Waals surface area contributed by atoms with Gasteiger partial charge in [0.05, 0.1) is 5.69 Å². The smallest absolute Gasteiger partial charge is 0.250 e. The van der Waals surface area contributed by atoms with E-state index in [1.165, 1.54) is 7.11 Å². The summed E-state index contributed by atoms with van der Waals surface area (Å²) in [5.74, 6) is 2.10. The van der Waals surface area contributed by atoms with Gasteiger partial charge in [-0.25, -0.2) is 0 Å². The van der Waals surface area contributed by atoms with Crippen molar-refractivity contribution in [3.05, 3.63) is 58.5 Å². The molecule has 0 saturated heterocycles. The number of ether oxygens (including phenoxy) is 2. The first-order chi connectivity index (χ1) is 13.8. The van der Waals surface area contributed by atoms with Crippen molar-refractivity contribution < 1.29 is 18.8 Å².